The lowest BCUT2D eigenvalue weighted by atomic mass is 10.0. The molecule has 2 aromatic rings. The highest BCUT2D eigenvalue weighted by atomic mass is 32.1. The van der Waals surface area contributed by atoms with Crippen molar-refractivity contribution in [2.45, 2.75) is 26.3 Å². The van der Waals surface area contributed by atoms with Crippen LogP contribution >= 0.6 is 11.3 Å². The first-order valence-electron chi connectivity index (χ1n) is 7.33. The molecule has 0 saturated carbocycles. The van der Waals surface area contributed by atoms with Crippen molar-refractivity contribution in [1.82, 2.24) is 5.01 Å². The van der Waals surface area contributed by atoms with Crippen molar-refractivity contribution in [3.8, 4) is 5.75 Å². The normalized spacial score (nSPS) is 17.5. The highest BCUT2D eigenvalue weighted by Crippen LogP contribution is 2.34. The number of hydrogen-bond acceptors (Lipinski definition) is 4. The molecule has 0 fully saturated rings. The Morgan fingerprint density at radius 1 is 1.41 bits per heavy atom. The molecule has 2 heterocycles. The molecular weight excluding hydrogens is 296 g/mol. The van der Waals surface area contributed by atoms with Gasteiger partial charge in [0.15, 0.2) is 0 Å². The van der Waals surface area contributed by atoms with Crippen molar-refractivity contribution < 1.29 is 9.53 Å². The highest BCUT2D eigenvalue weighted by molar-refractivity contribution is 7.12. The van der Waals surface area contributed by atoms with Crippen LogP contribution in [0.2, 0.25) is 0 Å². The summed E-state index contributed by atoms with van der Waals surface area (Å²) in [6, 6.07) is 11.9. The summed E-state index contributed by atoms with van der Waals surface area (Å²) < 4.78 is 5.56. The van der Waals surface area contributed by atoms with Gasteiger partial charge in [-0.2, -0.15) is 5.10 Å². The summed E-state index contributed by atoms with van der Waals surface area (Å²) in [5.74, 6) is 0.784. The van der Waals surface area contributed by atoms with E-state index < -0.39 is 0 Å². The monoisotopic (exact) mass is 314 g/mol. The third-order valence-corrected chi connectivity index (χ3v) is 4.51. The first-order chi connectivity index (χ1) is 10.7. The van der Waals surface area contributed by atoms with Crippen LogP contribution in [-0.2, 0) is 4.79 Å². The Balaban J connectivity index is 1.90. The Labute approximate surface area is 134 Å². The van der Waals surface area contributed by atoms with Gasteiger partial charge in [-0.3, -0.25) is 4.79 Å². The fourth-order valence-corrected chi connectivity index (χ4v) is 3.35. The summed E-state index contributed by atoms with van der Waals surface area (Å²) in [5.41, 5.74) is 2.02. The molecule has 0 spiro atoms. The Morgan fingerprint density at radius 3 is 2.95 bits per heavy atom. The van der Waals surface area contributed by atoms with Crippen LogP contribution in [0.1, 0.15) is 36.8 Å². The Hall–Kier alpha value is -2.14. The summed E-state index contributed by atoms with van der Waals surface area (Å²) in [6.45, 7) is 4.14. The zero-order valence-electron chi connectivity index (χ0n) is 12.7. The molecule has 114 valence electrons. The molecule has 1 atom stereocenters. The second-order valence-corrected chi connectivity index (χ2v) is 6.06. The van der Waals surface area contributed by atoms with Crippen molar-refractivity contribution in [1.29, 1.82) is 0 Å². The minimum atomic E-state index is -0.0602. The second kappa shape index (κ2) is 6.32. The topological polar surface area (TPSA) is 41.9 Å². The third kappa shape index (κ3) is 2.90. The number of benzene rings is 1. The molecule has 1 aromatic heterocycles. The van der Waals surface area contributed by atoms with Gasteiger partial charge in [0.2, 0.25) is 5.91 Å². The summed E-state index contributed by atoms with van der Waals surface area (Å²) in [6.07, 6.45) is 0.732. The van der Waals surface area contributed by atoms with E-state index in [9.17, 15) is 4.79 Å². The van der Waals surface area contributed by atoms with Gasteiger partial charge in [-0.05, 0) is 36.1 Å². The lowest BCUT2D eigenvalue weighted by Gasteiger charge is -2.21. The van der Waals surface area contributed by atoms with Crippen LogP contribution in [0.15, 0.2) is 46.9 Å². The number of thiophene rings is 1. The molecule has 0 radical (unpaired) electrons. The van der Waals surface area contributed by atoms with E-state index in [2.05, 4.69) is 5.10 Å². The Morgan fingerprint density at radius 2 is 2.27 bits per heavy atom. The van der Waals surface area contributed by atoms with Gasteiger partial charge >= 0.3 is 0 Å². The van der Waals surface area contributed by atoms with E-state index in [0.717, 1.165) is 28.3 Å². The van der Waals surface area contributed by atoms with Crippen molar-refractivity contribution >= 4 is 23.0 Å². The van der Waals surface area contributed by atoms with E-state index in [4.69, 9.17) is 4.74 Å². The molecule has 1 aliphatic rings. The van der Waals surface area contributed by atoms with Crippen molar-refractivity contribution in [3.63, 3.8) is 0 Å². The van der Waals surface area contributed by atoms with Crippen molar-refractivity contribution in [2.24, 2.45) is 5.10 Å². The largest absolute Gasteiger partial charge is 0.494 e. The lowest BCUT2D eigenvalue weighted by Crippen LogP contribution is -2.24. The van der Waals surface area contributed by atoms with Crippen molar-refractivity contribution in [2.75, 3.05) is 6.61 Å². The fraction of sp³-hybridized carbons (Fsp3) is 0.294. The van der Waals surface area contributed by atoms with E-state index >= 15 is 0 Å². The van der Waals surface area contributed by atoms with Gasteiger partial charge in [-0.25, -0.2) is 5.01 Å². The third-order valence-electron chi connectivity index (χ3n) is 3.59. The molecule has 0 N–H and O–H groups in total. The molecule has 1 aliphatic heterocycles. The van der Waals surface area contributed by atoms with Gasteiger partial charge in [0.1, 0.15) is 5.75 Å². The van der Waals surface area contributed by atoms with Gasteiger partial charge < -0.3 is 4.74 Å². The van der Waals surface area contributed by atoms with Crippen LogP contribution in [-0.4, -0.2) is 23.2 Å². The molecule has 22 heavy (non-hydrogen) atoms. The maximum absolute atomic E-state index is 11.9. The Bertz CT molecular complexity index is 694. The average Bonchev–Trinajstić information content (AvgIpc) is 3.17. The zero-order chi connectivity index (χ0) is 15.5. The van der Waals surface area contributed by atoms with E-state index in [-0.39, 0.29) is 11.9 Å². The standard InChI is InChI=1S/C17H18N2O2S/c1-3-21-14-7-4-6-13(10-14)16-11-15(17-8-5-9-22-17)18-19(16)12(2)20/h4-10,16H,3,11H2,1-2H3/t16-/m0/s1. The lowest BCUT2D eigenvalue weighted by molar-refractivity contribution is -0.130. The molecule has 0 unspecified atom stereocenters. The first kappa shape index (κ1) is 14.8. The number of hydrazone groups is 1. The molecule has 1 aromatic carbocycles. The maximum atomic E-state index is 11.9. The highest BCUT2D eigenvalue weighted by Gasteiger charge is 2.31. The van der Waals surface area contributed by atoms with E-state index in [0.29, 0.717) is 6.61 Å². The number of nitrogens with zero attached hydrogens (tertiary/aromatic N) is 2. The van der Waals surface area contributed by atoms with Crippen LogP contribution in [0.5, 0.6) is 5.75 Å². The maximum Gasteiger partial charge on any atom is 0.240 e. The Kier molecular flexibility index (Phi) is 4.24. The van der Waals surface area contributed by atoms with Crippen molar-refractivity contribution in [3.05, 3.63) is 52.2 Å². The van der Waals surface area contributed by atoms with Gasteiger partial charge in [0.25, 0.3) is 0 Å². The van der Waals surface area contributed by atoms with Crippen LogP contribution in [0.4, 0.5) is 0 Å². The number of ether oxygens (including phenoxy) is 1. The summed E-state index contributed by atoms with van der Waals surface area (Å²) >= 11 is 1.65. The van der Waals surface area contributed by atoms with E-state index in [1.807, 2.05) is 48.7 Å². The molecule has 0 aliphatic carbocycles. The SMILES string of the molecule is CCOc1cccc([C@@H]2CC(c3cccs3)=NN2C(C)=O)c1. The number of carbonyl (C=O) groups is 1. The summed E-state index contributed by atoms with van der Waals surface area (Å²) in [7, 11) is 0. The first-order valence-corrected chi connectivity index (χ1v) is 8.21. The minimum absolute atomic E-state index is 0.0432. The number of hydrogen-bond donors (Lipinski definition) is 0. The molecule has 4 nitrogen and oxygen atoms in total. The molecule has 1 amide bonds. The number of carbonyl (C=O) groups excluding carboxylic acids is 1. The minimum Gasteiger partial charge on any atom is -0.494 e. The van der Waals surface area contributed by atoms with E-state index in [1.165, 1.54) is 0 Å². The van der Waals surface area contributed by atoms with Gasteiger partial charge in [-0.1, -0.05) is 18.2 Å². The summed E-state index contributed by atoms with van der Waals surface area (Å²) in [4.78, 5) is 13.1. The number of amides is 1. The number of rotatable bonds is 4. The summed E-state index contributed by atoms with van der Waals surface area (Å²) in [5, 5.41) is 8.14. The fourth-order valence-electron chi connectivity index (χ4n) is 2.63. The predicted molar refractivity (Wildman–Crippen MR) is 88.3 cm³/mol. The molecule has 0 saturated heterocycles. The van der Waals surface area contributed by atoms with Gasteiger partial charge in [-0.15, -0.1) is 11.3 Å². The second-order valence-electron chi connectivity index (χ2n) is 5.11. The average molecular weight is 314 g/mol. The zero-order valence-corrected chi connectivity index (χ0v) is 13.5. The quantitative estimate of drug-likeness (QED) is 0.860. The van der Waals surface area contributed by atoms with Crippen LogP contribution in [0.25, 0.3) is 0 Å². The molecule has 0 bridgehead atoms. The van der Waals surface area contributed by atoms with Crippen LogP contribution in [0.3, 0.4) is 0 Å². The van der Waals surface area contributed by atoms with Crippen LogP contribution < -0.4 is 4.74 Å². The van der Waals surface area contributed by atoms with Gasteiger partial charge in [0.05, 0.1) is 23.2 Å². The molecular formula is C17H18N2O2S. The molecule has 5 heteroatoms. The van der Waals surface area contributed by atoms with Gasteiger partial charge in [0, 0.05) is 13.3 Å². The van der Waals surface area contributed by atoms with E-state index in [1.54, 1.807) is 23.3 Å². The predicted octanol–water partition coefficient (Wildman–Crippen LogP) is 3.84. The van der Waals surface area contributed by atoms with Crippen LogP contribution in [0, 0.1) is 0 Å². The molecule has 3 rings (SSSR count). The smallest absolute Gasteiger partial charge is 0.240 e.